The molecule has 3 aromatic rings. The van der Waals surface area contributed by atoms with Crippen LogP contribution in [0.3, 0.4) is 0 Å². The lowest BCUT2D eigenvalue weighted by atomic mass is 9.90. The van der Waals surface area contributed by atoms with E-state index >= 15 is 0 Å². The zero-order valence-corrected chi connectivity index (χ0v) is 15.8. The van der Waals surface area contributed by atoms with Gasteiger partial charge in [-0.2, -0.15) is 0 Å². The van der Waals surface area contributed by atoms with E-state index < -0.39 is 0 Å². The van der Waals surface area contributed by atoms with Crippen molar-refractivity contribution in [2.24, 2.45) is 5.92 Å². The predicted molar refractivity (Wildman–Crippen MR) is 105 cm³/mol. The van der Waals surface area contributed by atoms with Crippen molar-refractivity contribution in [3.05, 3.63) is 65.8 Å². The summed E-state index contributed by atoms with van der Waals surface area (Å²) in [5.41, 5.74) is 1.73. The van der Waals surface area contributed by atoms with Crippen LogP contribution >= 0.6 is 0 Å². The van der Waals surface area contributed by atoms with Crippen LogP contribution < -0.4 is 5.32 Å². The molecule has 28 heavy (non-hydrogen) atoms. The summed E-state index contributed by atoms with van der Waals surface area (Å²) in [5.74, 6) is 2.35. The number of nitrogens with one attached hydrogen (secondary N) is 1. The van der Waals surface area contributed by atoms with Crippen molar-refractivity contribution >= 4 is 17.5 Å². The van der Waals surface area contributed by atoms with Gasteiger partial charge in [-0.05, 0) is 37.7 Å². The Morgan fingerprint density at radius 3 is 2.57 bits per heavy atom. The molecule has 1 N–H and O–H groups in total. The van der Waals surface area contributed by atoms with Crippen molar-refractivity contribution in [1.82, 2.24) is 20.0 Å². The molecule has 0 atom stereocenters. The largest absolute Gasteiger partial charge is 0.360 e. The second kappa shape index (κ2) is 8.21. The van der Waals surface area contributed by atoms with Crippen molar-refractivity contribution in [3.8, 4) is 0 Å². The van der Waals surface area contributed by atoms with E-state index in [2.05, 4.69) is 44.7 Å². The first kappa shape index (κ1) is 18.2. The van der Waals surface area contributed by atoms with Crippen LogP contribution in [0, 0.1) is 12.8 Å². The number of amides is 1. The van der Waals surface area contributed by atoms with Gasteiger partial charge in [-0.3, -0.25) is 4.79 Å². The standard InChI is InChI=1S/C21H23N5O2/c1-15-11-19(25-28-15)24-20-14-22-18(13-23-20)21(27)26-9-7-17(8-10-26)12-16-5-3-2-4-6-16/h2-6,11,13-14,17H,7-10,12H2,1H3,(H,23,24,25). The Morgan fingerprint density at radius 2 is 1.93 bits per heavy atom. The van der Waals surface area contributed by atoms with Gasteiger partial charge >= 0.3 is 0 Å². The Hall–Kier alpha value is -3.22. The zero-order chi connectivity index (χ0) is 19.3. The number of benzene rings is 1. The normalized spacial score (nSPS) is 14.8. The van der Waals surface area contributed by atoms with Crippen LogP contribution in [0.5, 0.6) is 0 Å². The maximum absolute atomic E-state index is 12.7. The summed E-state index contributed by atoms with van der Waals surface area (Å²) < 4.78 is 5.00. The lowest BCUT2D eigenvalue weighted by Crippen LogP contribution is -2.39. The summed E-state index contributed by atoms with van der Waals surface area (Å²) in [4.78, 5) is 23.1. The average molecular weight is 377 g/mol. The molecule has 1 aliphatic heterocycles. The summed E-state index contributed by atoms with van der Waals surface area (Å²) in [6, 6.07) is 12.3. The lowest BCUT2D eigenvalue weighted by molar-refractivity contribution is 0.0684. The number of rotatable bonds is 5. The number of likely N-dealkylation sites (tertiary alicyclic amines) is 1. The number of aryl methyl sites for hydroxylation is 1. The average Bonchev–Trinajstić information content (AvgIpc) is 3.14. The van der Waals surface area contributed by atoms with E-state index in [1.54, 1.807) is 12.3 Å². The first-order valence-electron chi connectivity index (χ1n) is 9.53. The van der Waals surface area contributed by atoms with Crippen LogP contribution in [-0.2, 0) is 6.42 Å². The molecule has 2 aromatic heterocycles. The molecule has 7 heteroatoms. The molecule has 0 bridgehead atoms. The number of aromatic nitrogens is 3. The highest BCUT2D eigenvalue weighted by molar-refractivity contribution is 5.92. The minimum Gasteiger partial charge on any atom is -0.360 e. The van der Waals surface area contributed by atoms with Crippen LogP contribution in [0.4, 0.5) is 11.6 Å². The highest BCUT2D eigenvalue weighted by Gasteiger charge is 2.24. The number of nitrogens with zero attached hydrogens (tertiary/aromatic N) is 4. The quantitative estimate of drug-likeness (QED) is 0.731. The predicted octanol–water partition coefficient (Wildman–Crippen LogP) is 3.61. The molecular weight excluding hydrogens is 354 g/mol. The Balaban J connectivity index is 1.31. The van der Waals surface area contributed by atoms with Gasteiger partial charge in [0.1, 0.15) is 17.3 Å². The van der Waals surface area contributed by atoms with Gasteiger partial charge in [0.25, 0.3) is 5.91 Å². The van der Waals surface area contributed by atoms with Crippen LogP contribution in [0.2, 0.25) is 0 Å². The second-order valence-corrected chi connectivity index (χ2v) is 7.16. The van der Waals surface area contributed by atoms with Crippen molar-refractivity contribution < 1.29 is 9.32 Å². The molecule has 0 aliphatic carbocycles. The van der Waals surface area contributed by atoms with Gasteiger partial charge in [0.2, 0.25) is 0 Å². The SMILES string of the molecule is Cc1cc(Nc2cnc(C(=O)N3CCC(Cc4ccccc4)CC3)cn2)no1. The third-order valence-electron chi connectivity index (χ3n) is 5.02. The molecule has 0 unspecified atom stereocenters. The van der Waals surface area contributed by atoms with Crippen LogP contribution in [0.15, 0.2) is 53.3 Å². The fourth-order valence-electron chi connectivity index (χ4n) is 3.51. The monoisotopic (exact) mass is 377 g/mol. The minimum atomic E-state index is -0.0607. The van der Waals surface area contributed by atoms with Gasteiger partial charge in [-0.15, -0.1) is 0 Å². The van der Waals surface area contributed by atoms with Gasteiger partial charge in [-0.25, -0.2) is 9.97 Å². The number of carbonyl (C=O) groups is 1. The molecule has 4 rings (SSSR count). The van der Waals surface area contributed by atoms with Gasteiger partial charge in [-0.1, -0.05) is 35.5 Å². The Bertz CT molecular complexity index is 915. The van der Waals surface area contributed by atoms with E-state index in [4.69, 9.17) is 4.52 Å². The van der Waals surface area contributed by atoms with E-state index in [9.17, 15) is 4.79 Å². The molecule has 0 spiro atoms. The Labute approximate surface area is 163 Å². The van der Waals surface area contributed by atoms with Gasteiger partial charge in [0.05, 0.1) is 12.4 Å². The van der Waals surface area contributed by atoms with E-state index in [0.717, 1.165) is 32.4 Å². The minimum absolute atomic E-state index is 0.0607. The van der Waals surface area contributed by atoms with Crippen molar-refractivity contribution in [2.75, 3.05) is 18.4 Å². The third-order valence-corrected chi connectivity index (χ3v) is 5.02. The highest BCUT2D eigenvalue weighted by Crippen LogP contribution is 2.22. The third kappa shape index (κ3) is 4.36. The molecule has 0 radical (unpaired) electrons. The van der Waals surface area contributed by atoms with Gasteiger partial charge < -0.3 is 14.7 Å². The van der Waals surface area contributed by atoms with Crippen LogP contribution in [0.1, 0.15) is 34.7 Å². The number of anilines is 2. The van der Waals surface area contributed by atoms with Gasteiger partial charge in [0, 0.05) is 19.2 Å². The first-order chi connectivity index (χ1) is 13.7. The van der Waals surface area contributed by atoms with E-state index in [0.29, 0.717) is 29.0 Å². The Morgan fingerprint density at radius 1 is 1.14 bits per heavy atom. The molecule has 0 saturated carbocycles. The van der Waals surface area contributed by atoms with Gasteiger partial charge in [0.15, 0.2) is 5.82 Å². The smallest absolute Gasteiger partial charge is 0.274 e. The highest BCUT2D eigenvalue weighted by atomic mass is 16.5. The summed E-state index contributed by atoms with van der Waals surface area (Å²) in [5, 5.41) is 6.85. The van der Waals surface area contributed by atoms with E-state index in [1.807, 2.05) is 17.9 Å². The number of hydrogen-bond donors (Lipinski definition) is 1. The molecule has 1 fully saturated rings. The van der Waals surface area contributed by atoms with Crippen LogP contribution in [-0.4, -0.2) is 39.0 Å². The molecule has 144 valence electrons. The second-order valence-electron chi connectivity index (χ2n) is 7.16. The van der Waals surface area contributed by atoms with Crippen LogP contribution in [0.25, 0.3) is 0 Å². The zero-order valence-electron chi connectivity index (χ0n) is 15.8. The topological polar surface area (TPSA) is 84.2 Å². The number of hydrogen-bond acceptors (Lipinski definition) is 6. The molecule has 1 saturated heterocycles. The number of carbonyl (C=O) groups excluding carboxylic acids is 1. The van der Waals surface area contributed by atoms with Crippen molar-refractivity contribution in [2.45, 2.75) is 26.2 Å². The number of piperidine rings is 1. The molecule has 1 amide bonds. The molecule has 1 aliphatic rings. The molecule has 7 nitrogen and oxygen atoms in total. The van der Waals surface area contributed by atoms with Crippen molar-refractivity contribution in [1.29, 1.82) is 0 Å². The summed E-state index contributed by atoms with van der Waals surface area (Å²) in [7, 11) is 0. The molecule has 3 heterocycles. The van der Waals surface area contributed by atoms with E-state index in [-0.39, 0.29) is 5.91 Å². The molecular formula is C21H23N5O2. The molecule has 1 aromatic carbocycles. The fraction of sp³-hybridized carbons (Fsp3) is 0.333. The summed E-state index contributed by atoms with van der Waals surface area (Å²) in [6.45, 7) is 3.33. The maximum atomic E-state index is 12.7. The lowest BCUT2D eigenvalue weighted by Gasteiger charge is -2.31. The van der Waals surface area contributed by atoms with E-state index in [1.165, 1.54) is 11.8 Å². The fourth-order valence-corrected chi connectivity index (χ4v) is 3.51. The Kier molecular flexibility index (Phi) is 5.32. The maximum Gasteiger partial charge on any atom is 0.274 e. The summed E-state index contributed by atoms with van der Waals surface area (Å²) in [6.07, 6.45) is 6.15. The summed E-state index contributed by atoms with van der Waals surface area (Å²) >= 11 is 0. The van der Waals surface area contributed by atoms with Crippen molar-refractivity contribution in [3.63, 3.8) is 0 Å². The first-order valence-corrected chi connectivity index (χ1v) is 9.53.